The highest BCUT2D eigenvalue weighted by atomic mass is 32.2. The van der Waals surface area contributed by atoms with Gasteiger partial charge in [0.15, 0.2) is 10.6 Å². The lowest BCUT2D eigenvalue weighted by atomic mass is 10.2. The first-order valence-electron chi connectivity index (χ1n) is 8.48. The zero-order valence-electron chi connectivity index (χ0n) is 15.0. The minimum absolute atomic E-state index is 0.0473. The minimum Gasteiger partial charge on any atom is -0.495 e. The molecule has 0 unspecified atom stereocenters. The number of ether oxygens (including phenoxy) is 1. The SMILES string of the molecule is CCn1c(CNC(=O)c2ccc(OC)c(S(=O)(=O)NC3CC3)c2)n[nH]c1=S. The van der Waals surface area contributed by atoms with Crippen LogP contribution in [0.15, 0.2) is 23.1 Å². The van der Waals surface area contributed by atoms with E-state index >= 15 is 0 Å². The molecule has 27 heavy (non-hydrogen) atoms. The molecule has 146 valence electrons. The number of methoxy groups -OCH3 is 1. The van der Waals surface area contributed by atoms with Gasteiger partial charge in [-0.05, 0) is 50.2 Å². The highest BCUT2D eigenvalue weighted by Crippen LogP contribution is 2.28. The van der Waals surface area contributed by atoms with Crippen LogP contribution in [0.4, 0.5) is 0 Å². The van der Waals surface area contributed by atoms with Crippen molar-refractivity contribution in [2.24, 2.45) is 0 Å². The standard InChI is InChI=1S/C16H21N5O4S2/c1-3-21-14(18-19-16(21)26)9-17-15(22)10-4-7-12(25-2)13(8-10)27(23,24)20-11-5-6-11/h4,7-8,11,20H,3,5-6,9H2,1-2H3,(H,17,22)(H,19,26). The quantitative estimate of drug-likeness (QED) is 0.564. The van der Waals surface area contributed by atoms with Crippen LogP contribution in [0.25, 0.3) is 0 Å². The van der Waals surface area contributed by atoms with E-state index in [1.165, 1.54) is 25.3 Å². The van der Waals surface area contributed by atoms with E-state index in [0.717, 1.165) is 12.8 Å². The third-order valence-electron chi connectivity index (χ3n) is 4.18. The summed E-state index contributed by atoms with van der Waals surface area (Å²) in [6.07, 6.45) is 1.63. The lowest BCUT2D eigenvalue weighted by Crippen LogP contribution is -2.28. The molecule has 11 heteroatoms. The molecule has 1 aliphatic rings. The van der Waals surface area contributed by atoms with Crippen molar-refractivity contribution in [3.63, 3.8) is 0 Å². The first kappa shape index (κ1) is 19.5. The van der Waals surface area contributed by atoms with Crippen LogP contribution in [0.1, 0.15) is 35.9 Å². The molecule has 0 spiro atoms. The molecule has 9 nitrogen and oxygen atoms in total. The summed E-state index contributed by atoms with van der Waals surface area (Å²) < 4.78 is 35.1. The lowest BCUT2D eigenvalue weighted by molar-refractivity contribution is 0.0949. The second kappa shape index (κ2) is 7.79. The van der Waals surface area contributed by atoms with Crippen molar-refractivity contribution in [2.45, 2.75) is 43.8 Å². The van der Waals surface area contributed by atoms with Gasteiger partial charge in [0.25, 0.3) is 5.91 Å². The monoisotopic (exact) mass is 411 g/mol. The molecule has 0 radical (unpaired) electrons. The summed E-state index contributed by atoms with van der Waals surface area (Å²) in [7, 11) is -2.37. The molecule has 1 heterocycles. The Labute approximate surface area is 162 Å². The van der Waals surface area contributed by atoms with Crippen LogP contribution in [0.3, 0.4) is 0 Å². The van der Waals surface area contributed by atoms with Crippen molar-refractivity contribution in [3.8, 4) is 5.75 Å². The Balaban J connectivity index is 1.80. The summed E-state index contributed by atoms with van der Waals surface area (Å²) in [5.74, 6) is 0.358. The number of aromatic amines is 1. The maximum absolute atomic E-state index is 12.6. The van der Waals surface area contributed by atoms with Crippen LogP contribution < -0.4 is 14.8 Å². The number of carbonyl (C=O) groups is 1. The van der Waals surface area contributed by atoms with Gasteiger partial charge in [-0.2, -0.15) is 5.10 Å². The van der Waals surface area contributed by atoms with Crippen molar-refractivity contribution in [1.29, 1.82) is 0 Å². The smallest absolute Gasteiger partial charge is 0.251 e. The van der Waals surface area contributed by atoms with Gasteiger partial charge in [0, 0.05) is 18.2 Å². The highest BCUT2D eigenvalue weighted by Gasteiger charge is 2.30. The maximum Gasteiger partial charge on any atom is 0.251 e. The van der Waals surface area contributed by atoms with E-state index in [4.69, 9.17) is 17.0 Å². The lowest BCUT2D eigenvalue weighted by Gasteiger charge is -2.12. The van der Waals surface area contributed by atoms with E-state index in [2.05, 4.69) is 20.2 Å². The molecule has 0 aliphatic heterocycles. The van der Waals surface area contributed by atoms with Crippen molar-refractivity contribution >= 4 is 28.1 Å². The molecule has 1 aromatic carbocycles. The maximum atomic E-state index is 12.6. The average Bonchev–Trinajstić information content (AvgIpc) is 3.38. The number of benzene rings is 1. The molecule has 3 N–H and O–H groups in total. The van der Waals surface area contributed by atoms with E-state index in [1.807, 2.05) is 6.92 Å². The number of sulfonamides is 1. The Kier molecular flexibility index (Phi) is 5.63. The summed E-state index contributed by atoms with van der Waals surface area (Å²) in [6.45, 7) is 2.71. The molecule has 1 aliphatic carbocycles. The summed E-state index contributed by atoms with van der Waals surface area (Å²) in [6, 6.07) is 4.25. The Morgan fingerprint density at radius 3 is 2.81 bits per heavy atom. The van der Waals surface area contributed by atoms with Gasteiger partial charge < -0.3 is 14.6 Å². The topological polar surface area (TPSA) is 118 Å². The number of rotatable bonds is 8. The zero-order valence-corrected chi connectivity index (χ0v) is 16.6. The van der Waals surface area contributed by atoms with Gasteiger partial charge in [0.1, 0.15) is 10.6 Å². The van der Waals surface area contributed by atoms with Gasteiger partial charge in [-0.25, -0.2) is 13.1 Å². The Morgan fingerprint density at radius 1 is 1.44 bits per heavy atom. The van der Waals surface area contributed by atoms with Crippen molar-refractivity contribution in [2.75, 3.05) is 7.11 Å². The second-order valence-corrected chi connectivity index (χ2v) is 8.20. The zero-order chi connectivity index (χ0) is 19.6. The van der Waals surface area contributed by atoms with Crippen molar-refractivity contribution < 1.29 is 17.9 Å². The summed E-state index contributed by atoms with van der Waals surface area (Å²) in [4.78, 5) is 12.4. The third-order valence-corrected chi connectivity index (χ3v) is 6.03. The molecule has 1 fully saturated rings. The predicted molar refractivity (Wildman–Crippen MR) is 101 cm³/mol. The first-order chi connectivity index (χ1) is 12.9. The summed E-state index contributed by atoms with van der Waals surface area (Å²) in [5.41, 5.74) is 0.212. The fourth-order valence-corrected chi connectivity index (χ4v) is 4.36. The van der Waals surface area contributed by atoms with Gasteiger partial charge >= 0.3 is 0 Å². The Hall–Kier alpha value is -2.24. The normalized spacial score (nSPS) is 14.1. The first-order valence-corrected chi connectivity index (χ1v) is 10.4. The molecule has 1 saturated carbocycles. The molecule has 0 bridgehead atoms. The summed E-state index contributed by atoms with van der Waals surface area (Å²) >= 11 is 5.12. The van der Waals surface area contributed by atoms with Crippen LogP contribution in [-0.2, 0) is 23.1 Å². The van der Waals surface area contributed by atoms with Gasteiger partial charge in [-0.15, -0.1) is 0 Å². The van der Waals surface area contributed by atoms with E-state index < -0.39 is 15.9 Å². The molecule has 1 amide bonds. The number of H-pyrrole nitrogens is 1. The molecule has 2 aromatic rings. The molecule has 0 saturated heterocycles. The third kappa shape index (κ3) is 4.37. The van der Waals surface area contributed by atoms with E-state index in [0.29, 0.717) is 17.1 Å². The Morgan fingerprint density at radius 2 is 2.19 bits per heavy atom. The Bertz CT molecular complexity index is 1010. The van der Waals surface area contributed by atoms with E-state index in [-0.39, 0.29) is 28.8 Å². The number of aromatic nitrogens is 3. The van der Waals surface area contributed by atoms with Gasteiger partial charge in [-0.1, -0.05) is 0 Å². The van der Waals surface area contributed by atoms with Crippen molar-refractivity contribution in [3.05, 3.63) is 34.4 Å². The van der Waals surface area contributed by atoms with Gasteiger partial charge in [-0.3, -0.25) is 9.89 Å². The van der Waals surface area contributed by atoms with Crippen LogP contribution >= 0.6 is 12.2 Å². The average molecular weight is 412 g/mol. The number of nitrogens with zero attached hydrogens (tertiary/aromatic N) is 2. The van der Waals surface area contributed by atoms with Gasteiger partial charge in [0.2, 0.25) is 10.0 Å². The molecular weight excluding hydrogens is 390 g/mol. The predicted octanol–water partition coefficient (Wildman–Crippen LogP) is 1.34. The van der Waals surface area contributed by atoms with Crippen LogP contribution in [0, 0.1) is 4.77 Å². The summed E-state index contributed by atoms with van der Waals surface area (Å²) in [5, 5.41) is 9.49. The molecule has 1 aromatic heterocycles. The number of nitrogens with one attached hydrogen (secondary N) is 3. The fourth-order valence-electron chi connectivity index (χ4n) is 2.58. The minimum atomic E-state index is -3.76. The van der Waals surface area contributed by atoms with Gasteiger partial charge in [0.05, 0.1) is 13.7 Å². The van der Waals surface area contributed by atoms with E-state index in [1.54, 1.807) is 4.57 Å². The van der Waals surface area contributed by atoms with Crippen LogP contribution in [-0.4, -0.2) is 42.2 Å². The van der Waals surface area contributed by atoms with Crippen LogP contribution in [0.2, 0.25) is 0 Å². The highest BCUT2D eigenvalue weighted by molar-refractivity contribution is 7.89. The molecule has 3 rings (SSSR count). The number of amides is 1. The van der Waals surface area contributed by atoms with E-state index in [9.17, 15) is 13.2 Å². The number of carbonyl (C=O) groups excluding carboxylic acids is 1. The number of hydrogen-bond donors (Lipinski definition) is 3. The van der Waals surface area contributed by atoms with Crippen LogP contribution in [0.5, 0.6) is 5.75 Å². The largest absolute Gasteiger partial charge is 0.495 e. The number of hydrogen-bond acceptors (Lipinski definition) is 6. The molecule has 0 atom stereocenters. The second-order valence-electron chi connectivity index (χ2n) is 6.13. The van der Waals surface area contributed by atoms with Crippen molar-refractivity contribution in [1.82, 2.24) is 24.8 Å². The fraction of sp³-hybridized carbons (Fsp3) is 0.438. The molecular formula is C16H21N5O4S2.